The van der Waals surface area contributed by atoms with Crippen molar-refractivity contribution in [1.82, 2.24) is 20.4 Å². The minimum atomic E-state index is -0.513. The van der Waals surface area contributed by atoms with Gasteiger partial charge in [-0.3, -0.25) is 9.48 Å². The lowest BCUT2D eigenvalue weighted by Gasteiger charge is -2.37. The van der Waals surface area contributed by atoms with Crippen LogP contribution in [0.5, 0.6) is 0 Å². The van der Waals surface area contributed by atoms with Gasteiger partial charge in [0.1, 0.15) is 5.54 Å². The van der Waals surface area contributed by atoms with Gasteiger partial charge < -0.3 is 10.6 Å². The molecule has 1 aromatic rings. The van der Waals surface area contributed by atoms with E-state index in [4.69, 9.17) is 0 Å². The largest absolute Gasteiger partial charge is 0.353 e. The van der Waals surface area contributed by atoms with Crippen molar-refractivity contribution < 1.29 is 4.79 Å². The van der Waals surface area contributed by atoms with Gasteiger partial charge in [-0.1, -0.05) is 0 Å². The Balaban J connectivity index is 1.66. The van der Waals surface area contributed by atoms with E-state index in [1.807, 2.05) is 40.5 Å². The van der Waals surface area contributed by atoms with Crippen LogP contribution in [0.2, 0.25) is 0 Å². The quantitative estimate of drug-likeness (QED) is 0.862. The highest BCUT2D eigenvalue weighted by Gasteiger charge is 2.42. The summed E-state index contributed by atoms with van der Waals surface area (Å²) in [5.74, 6) is 3.70. The van der Waals surface area contributed by atoms with Crippen molar-refractivity contribution in [2.24, 2.45) is 0 Å². The van der Waals surface area contributed by atoms with Crippen molar-refractivity contribution in [3.8, 4) is 0 Å². The van der Waals surface area contributed by atoms with Crippen LogP contribution in [0, 0.1) is 0 Å². The van der Waals surface area contributed by atoms with E-state index in [0.717, 1.165) is 38.2 Å². The van der Waals surface area contributed by atoms with Crippen LogP contribution < -0.4 is 10.6 Å². The topological polar surface area (TPSA) is 59.0 Å². The molecule has 1 unspecified atom stereocenters. The number of nitrogens with one attached hydrogen (secondary N) is 2. The molecule has 0 aromatic carbocycles. The molecule has 2 N–H and O–H groups in total. The average molecular weight is 326 g/mol. The van der Waals surface area contributed by atoms with E-state index in [0.29, 0.717) is 5.25 Å². The maximum atomic E-state index is 12.8. The number of hydrogen-bond donors (Lipinski definition) is 2. The molecule has 21 heavy (non-hydrogen) atoms. The lowest BCUT2D eigenvalue weighted by molar-refractivity contribution is -0.131. The zero-order valence-electron chi connectivity index (χ0n) is 12.1. The minimum Gasteiger partial charge on any atom is -0.353 e. The molecule has 3 rings (SSSR count). The summed E-state index contributed by atoms with van der Waals surface area (Å²) < 4.78 is 1.85. The van der Waals surface area contributed by atoms with Gasteiger partial charge in [-0.15, -0.1) is 0 Å². The summed E-state index contributed by atoms with van der Waals surface area (Å²) in [4.78, 5) is 12.8. The molecule has 3 heterocycles. The summed E-state index contributed by atoms with van der Waals surface area (Å²) in [5.41, 5.74) is -0.513. The average Bonchev–Trinajstić information content (AvgIpc) is 3.09. The van der Waals surface area contributed by atoms with E-state index in [2.05, 4.69) is 15.7 Å². The van der Waals surface area contributed by atoms with Crippen molar-refractivity contribution in [1.29, 1.82) is 0 Å². The molecule has 0 spiro atoms. The summed E-state index contributed by atoms with van der Waals surface area (Å²) in [6, 6.07) is 1.89. The summed E-state index contributed by atoms with van der Waals surface area (Å²) >= 11 is 3.97. The number of thioether (sulfide) groups is 2. The predicted molar refractivity (Wildman–Crippen MR) is 88.9 cm³/mol. The Labute approximate surface area is 134 Å². The molecular formula is C14H22N4OS2. The highest BCUT2D eigenvalue weighted by molar-refractivity contribution is 8.06. The SMILES string of the molecule is O=C(NCC1CSCCS1)C1(n2cccn2)CCNCC1. The van der Waals surface area contributed by atoms with Crippen molar-refractivity contribution in [3.63, 3.8) is 0 Å². The molecule has 5 nitrogen and oxygen atoms in total. The number of amides is 1. The molecule has 0 radical (unpaired) electrons. The number of aromatic nitrogens is 2. The highest BCUT2D eigenvalue weighted by atomic mass is 32.2. The second-order valence-corrected chi connectivity index (χ2v) is 8.07. The van der Waals surface area contributed by atoms with Gasteiger partial charge >= 0.3 is 0 Å². The third-order valence-electron chi connectivity index (χ3n) is 4.17. The summed E-state index contributed by atoms with van der Waals surface area (Å²) in [5, 5.41) is 11.4. The van der Waals surface area contributed by atoms with Crippen LogP contribution in [0.1, 0.15) is 12.8 Å². The van der Waals surface area contributed by atoms with Crippen LogP contribution >= 0.6 is 23.5 Å². The Kier molecular flexibility index (Phi) is 5.13. The van der Waals surface area contributed by atoms with Gasteiger partial charge in [-0.2, -0.15) is 28.6 Å². The monoisotopic (exact) mass is 326 g/mol. The molecule has 7 heteroatoms. The zero-order valence-corrected chi connectivity index (χ0v) is 13.7. The first kappa shape index (κ1) is 15.2. The van der Waals surface area contributed by atoms with Crippen molar-refractivity contribution in [2.75, 3.05) is 36.9 Å². The van der Waals surface area contributed by atoms with E-state index in [1.54, 1.807) is 6.20 Å². The molecule has 0 aliphatic carbocycles. The molecule has 1 aromatic heterocycles. The molecule has 1 amide bonds. The third kappa shape index (κ3) is 3.40. The molecular weight excluding hydrogens is 304 g/mol. The van der Waals surface area contributed by atoms with Crippen LogP contribution in [0.25, 0.3) is 0 Å². The molecule has 116 valence electrons. The van der Waals surface area contributed by atoms with Gasteiger partial charge in [0.25, 0.3) is 0 Å². The summed E-state index contributed by atoms with van der Waals surface area (Å²) in [6.07, 6.45) is 5.26. The first-order valence-electron chi connectivity index (χ1n) is 7.50. The van der Waals surface area contributed by atoms with E-state index in [-0.39, 0.29) is 5.91 Å². The zero-order chi connectivity index (χ0) is 14.5. The molecule has 2 saturated heterocycles. The van der Waals surface area contributed by atoms with E-state index < -0.39 is 5.54 Å². The molecule has 2 aliphatic heterocycles. The maximum absolute atomic E-state index is 12.8. The van der Waals surface area contributed by atoms with Crippen LogP contribution in [-0.2, 0) is 10.3 Å². The van der Waals surface area contributed by atoms with Gasteiger partial charge in [-0.25, -0.2) is 0 Å². The van der Waals surface area contributed by atoms with Crippen LogP contribution in [0.3, 0.4) is 0 Å². The Bertz CT molecular complexity index is 454. The first-order valence-corrected chi connectivity index (χ1v) is 9.70. The smallest absolute Gasteiger partial charge is 0.248 e. The minimum absolute atomic E-state index is 0.129. The second kappa shape index (κ2) is 7.07. The highest BCUT2D eigenvalue weighted by Crippen LogP contribution is 2.28. The molecule has 0 bridgehead atoms. The number of nitrogens with zero attached hydrogens (tertiary/aromatic N) is 2. The van der Waals surface area contributed by atoms with Crippen molar-refractivity contribution >= 4 is 29.4 Å². The Hall–Kier alpha value is -0.660. The Morgan fingerprint density at radius 2 is 2.29 bits per heavy atom. The number of hydrogen-bond acceptors (Lipinski definition) is 5. The molecule has 1 atom stereocenters. The van der Waals surface area contributed by atoms with E-state index in [1.165, 1.54) is 11.5 Å². The lowest BCUT2D eigenvalue weighted by atomic mass is 9.87. The van der Waals surface area contributed by atoms with Gasteiger partial charge in [0, 0.05) is 41.4 Å². The summed E-state index contributed by atoms with van der Waals surface area (Å²) in [6.45, 7) is 2.50. The lowest BCUT2D eigenvalue weighted by Crippen LogP contribution is -2.55. The molecule has 0 saturated carbocycles. The summed E-state index contributed by atoms with van der Waals surface area (Å²) in [7, 11) is 0. The first-order chi connectivity index (χ1) is 10.3. The van der Waals surface area contributed by atoms with Gasteiger partial charge in [0.05, 0.1) is 0 Å². The molecule has 2 fully saturated rings. The van der Waals surface area contributed by atoms with Crippen LogP contribution in [0.15, 0.2) is 18.5 Å². The van der Waals surface area contributed by atoms with Crippen LogP contribution in [0.4, 0.5) is 0 Å². The Morgan fingerprint density at radius 1 is 1.43 bits per heavy atom. The Morgan fingerprint density at radius 3 is 2.95 bits per heavy atom. The number of piperidine rings is 1. The second-order valence-electron chi connectivity index (χ2n) is 5.51. The van der Waals surface area contributed by atoms with Crippen molar-refractivity contribution in [2.45, 2.75) is 23.6 Å². The number of carbonyl (C=O) groups is 1. The number of rotatable bonds is 4. The fourth-order valence-corrected chi connectivity index (χ4v) is 5.56. The fraction of sp³-hybridized carbons (Fsp3) is 0.714. The van der Waals surface area contributed by atoms with Crippen molar-refractivity contribution in [3.05, 3.63) is 18.5 Å². The maximum Gasteiger partial charge on any atom is 0.248 e. The van der Waals surface area contributed by atoms with E-state index in [9.17, 15) is 4.79 Å². The van der Waals surface area contributed by atoms with E-state index >= 15 is 0 Å². The molecule has 2 aliphatic rings. The van der Waals surface area contributed by atoms with Crippen LogP contribution in [-0.4, -0.2) is 57.8 Å². The fourth-order valence-electron chi connectivity index (χ4n) is 2.95. The van der Waals surface area contributed by atoms with Gasteiger partial charge in [-0.05, 0) is 32.0 Å². The normalized spacial score (nSPS) is 25.4. The standard InChI is InChI=1S/C14H22N4OS2/c19-13(16-10-12-11-20-8-9-21-12)14(2-5-15-6-3-14)18-7-1-4-17-18/h1,4,7,12,15H,2-3,5-6,8-11H2,(H,16,19). The predicted octanol–water partition coefficient (Wildman–Crippen LogP) is 0.927. The number of carbonyl (C=O) groups excluding carboxylic acids is 1. The van der Waals surface area contributed by atoms with Gasteiger partial charge in [0.15, 0.2) is 0 Å². The third-order valence-corrected chi connectivity index (χ3v) is 7.02. The van der Waals surface area contributed by atoms with Gasteiger partial charge in [0.2, 0.25) is 5.91 Å².